The lowest BCUT2D eigenvalue weighted by Gasteiger charge is -2.21. The lowest BCUT2D eigenvalue weighted by molar-refractivity contribution is -0.145. The predicted molar refractivity (Wildman–Crippen MR) is 92.4 cm³/mol. The molecular formula is C19H20N4O2. The van der Waals surface area contributed by atoms with E-state index in [-0.39, 0.29) is 11.9 Å². The topological polar surface area (TPSA) is 61.9 Å². The minimum atomic E-state index is -0.123. The number of hydrogen-bond donors (Lipinski definition) is 0. The maximum Gasteiger partial charge on any atom is 0.309 e. The summed E-state index contributed by atoms with van der Waals surface area (Å²) in [6.07, 6.45) is 8.04. The van der Waals surface area contributed by atoms with E-state index < -0.39 is 0 Å². The van der Waals surface area contributed by atoms with Crippen LogP contribution in [0.4, 0.5) is 0 Å². The molecule has 6 heteroatoms. The van der Waals surface area contributed by atoms with Gasteiger partial charge in [-0.05, 0) is 42.2 Å². The van der Waals surface area contributed by atoms with E-state index in [4.69, 9.17) is 4.74 Å². The SMILES string of the molecule is COC(=O)[C@@H]1CCc2cnn(Cc3ccc(-n4cccn4)cc3)c2C1. The highest BCUT2D eigenvalue weighted by molar-refractivity contribution is 5.73. The van der Waals surface area contributed by atoms with E-state index in [1.807, 2.05) is 27.8 Å². The van der Waals surface area contributed by atoms with Gasteiger partial charge in [0.1, 0.15) is 0 Å². The molecule has 0 unspecified atom stereocenters. The summed E-state index contributed by atoms with van der Waals surface area (Å²) in [5, 5.41) is 8.77. The van der Waals surface area contributed by atoms with Gasteiger partial charge in [0.15, 0.2) is 0 Å². The van der Waals surface area contributed by atoms with Gasteiger partial charge in [0.25, 0.3) is 0 Å². The lowest BCUT2D eigenvalue weighted by Crippen LogP contribution is -2.25. The van der Waals surface area contributed by atoms with Crippen molar-refractivity contribution < 1.29 is 9.53 Å². The predicted octanol–water partition coefficient (Wildman–Crippen LogP) is 2.40. The summed E-state index contributed by atoms with van der Waals surface area (Å²) in [6.45, 7) is 0.697. The summed E-state index contributed by atoms with van der Waals surface area (Å²) in [5.74, 6) is -0.183. The van der Waals surface area contributed by atoms with E-state index in [9.17, 15) is 4.79 Å². The van der Waals surface area contributed by atoms with Crippen LogP contribution in [0.1, 0.15) is 23.2 Å². The van der Waals surface area contributed by atoms with Gasteiger partial charge in [0.05, 0.1) is 31.5 Å². The second-order valence-electron chi connectivity index (χ2n) is 6.35. The standard InChI is InChI=1S/C19H20N4O2/c1-25-19(24)15-5-6-16-12-21-23(18(16)11-15)13-14-3-7-17(8-4-14)22-10-2-9-20-22/h2-4,7-10,12,15H,5-6,11,13H2,1H3/t15-/m1/s1. The van der Waals surface area contributed by atoms with Gasteiger partial charge in [-0.2, -0.15) is 10.2 Å². The molecule has 1 aliphatic carbocycles. The molecule has 1 aliphatic rings. The smallest absolute Gasteiger partial charge is 0.309 e. The summed E-state index contributed by atoms with van der Waals surface area (Å²) in [5.41, 5.74) is 4.59. The van der Waals surface area contributed by atoms with E-state index in [0.717, 1.165) is 24.2 Å². The van der Waals surface area contributed by atoms with Crippen LogP contribution in [0.2, 0.25) is 0 Å². The molecule has 128 valence electrons. The van der Waals surface area contributed by atoms with Crippen molar-refractivity contribution in [3.8, 4) is 5.69 Å². The Hall–Kier alpha value is -2.89. The minimum Gasteiger partial charge on any atom is -0.469 e. The number of aryl methyl sites for hydroxylation is 1. The van der Waals surface area contributed by atoms with Gasteiger partial charge in [-0.1, -0.05) is 12.1 Å². The van der Waals surface area contributed by atoms with Crippen LogP contribution in [-0.2, 0) is 28.9 Å². The Morgan fingerprint density at radius 2 is 2.12 bits per heavy atom. The molecule has 1 aromatic carbocycles. The summed E-state index contributed by atoms with van der Waals surface area (Å²) < 4.78 is 8.75. The maximum atomic E-state index is 11.9. The van der Waals surface area contributed by atoms with Crippen LogP contribution < -0.4 is 0 Å². The van der Waals surface area contributed by atoms with Crippen LogP contribution in [0.5, 0.6) is 0 Å². The average molecular weight is 336 g/mol. The van der Waals surface area contributed by atoms with Gasteiger partial charge in [0, 0.05) is 24.5 Å². The second kappa shape index (κ2) is 6.55. The molecule has 0 spiro atoms. The zero-order valence-electron chi connectivity index (χ0n) is 14.1. The monoisotopic (exact) mass is 336 g/mol. The van der Waals surface area contributed by atoms with E-state index in [1.165, 1.54) is 18.2 Å². The number of hydrogen-bond acceptors (Lipinski definition) is 4. The third-order valence-electron chi connectivity index (χ3n) is 4.81. The summed E-state index contributed by atoms with van der Waals surface area (Å²) in [4.78, 5) is 11.9. The highest BCUT2D eigenvalue weighted by atomic mass is 16.5. The van der Waals surface area contributed by atoms with Crippen molar-refractivity contribution in [2.45, 2.75) is 25.8 Å². The van der Waals surface area contributed by atoms with Crippen LogP contribution >= 0.6 is 0 Å². The third kappa shape index (κ3) is 3.07. The van der Waals surface area contributed by atoms with E-state index in [2.05, 4.69) is 34.5 Å². The minimum absolute atomic E-state index is 0.0601. The molecule has 2 aromatic heterocycles. The van der Waals surface area contributed by atoms with Gasteiger partial charge >= 0.3 is 5.97 Å². The summed E-state index contributed by atoms with van der Waals surface area (Å²) in [6, 6.07) is 10.2. The Morgan fingerprint density at radius 1 is 1.28 bits per heavy atom. The lowest BCUT2D eigenvalue weighted by atomic mass is 9.88. The van der Waals surface area contributed by atoms with Gasteiger partial charge in [0.2, 0.25) is 0 Å². The van der Waals surface area contributed by atoms with Gasteiger partial charge in [-0.25, -0.2) is 4.68 Å². The number of methoxy groups -OCH3 is 1. The fraction of sp³-hybridized carbons (Fsp3) is 0.316. The molecule has 0 N–H and O–H groups in total. The zero-order chi connectivity index (χ0) is 17.2. The first kappa shape index (κ1) is 15.6. The molecule has 0 amide bonds. The summed E-state index contributed by atoms with van der Waals surface area (Å²) >= 11 is 0. The van der Waals surface area contributed by atoms with Crippen molar-refractivity contribution in [3.63, 3.8) is 0 Å². The fourth-order valence-corrected chi connectivity index (χ4v) is 3.41. The molecule has 0 aliphatic heterocycles. The Kier molecular flexibility index (Phi) is 4.09. The fourth-order valence-electron chi connectivity index (χ4n) is 3.41. The van der Waals surface area contributed by atoms with Crippen molar-refractivity contribution in [2.75, 3.05) is 7.11 Å². The van der Waals surface area contributed by atoms with Crippen molar-refractivity contribution >= 4 is 5.97 Å². The number of carbonyl (C=O) groups excluding carboxylic acids is 1. The van der Waals surface area contributed by atoms with Crippen molar-refractivity contribution in [1.29, 1.82) is 0 Å². The molecule has 0 saturated carbocycles. The van der Waals surface area contributed by atoms with Crippen LogP contribution in [-0.4, -0.2) is 32.6 Å². The quantitative estimate of drug-likeness (QED) is 0.686. The average Bonchev–Trinajstić information content (AvgIpc) is 3.32. The van der Waals surface area contributed by atoms with Crippen molar-refractivity contribution in [2.24, 2.45) is 5.92 Å². The molecule has 6 nitrogen and oxygen atoms in total. The molecule has 1 atom stereocenters. The third-order valence-corrected chi connectivity index (χ3v) is 4.81. The number of benzene rings is 1. The molecule has 3 aromatic rings. The maximum absolute atomic E-state index is 11.9. The zero-order valence-corrected chi connectivity index (χ0v) is 14.1. The summed E-state index contributed by atoms with van der Waals surface area (Å²) in [7, 11) is 1.45. The second-order valence-corrected chi connectivity index (χ2v) is 6.35. The number of fused-ring (bicyclic) bond motifs is 1. The van der Waals surface area contributed by atoms with Crippen molar-refractivity contribution in [1.82, 2.24) is 19.6 Å². The number of aromatic nitrogens is 4. The van der Waals surface area contributed by atoms with Crippen LogP contribution in [0.15, 0.2) is 48.9 Å². The molecule has 25 heavy (non-hydrogen) atoms. The molecule has 0 bridgehead atoms. The Morgan fingerprint density at radius 3 is 2.84 bits per heavy atom. The molecule has 2 heterocycles. The van der Waals surface area contributed by atoms with Gasteiger partial charge in [-0.15, -0.1) is 0 Å². The van der Waals surface area contributed by atoms with Gasteiger partial charge < -0.3 is 4.74 Å². The number of rotatable bonds is 4. The first-order valence-corrected chi connectivity index (χ1v) is 8.45. The molecular weight excluding hydrogens is 316 g/mol. The number of esters is 1. The molecule has 0 radical (unpaired) electrons. The van der Waals surface area contributed by atoms with E-state index >= 15 is 0 Å². The largest absolute Gasteiger partial charge is 0.469 e. The van der Waals surface area contributed by atoms with Crippen LogP contribution in [0.25, 0.3) is 5.69 Å². The highest BCUT2D eigenvalue weighted by Gasteiger charge is 2.28. The number of nitrogens with zero attached hydrogens (tertiary/aromatic N) is 4. The Labute approximate surface area is 146 Å². The molecule has 0 fully saturated rings. The van der Waals surface area contributed by atoms with Gasteiger partial charge in [-0.3, -0.25) is 9.48 Å². The van der Waals surface area contributed by atoms with E-state index in [1.54, 1.807) is 6.20 Å². The van der Waals surface area contributed by atoms with Crippen molar-refractivity contribution in [3.05, 3.63) is 65.7 Å². The normalized spacial score (nSPS) is 16.4. The first-order chi connectivity index (χ1) is 12.2. The first-order valence-electron chi connectivity index (χ1n) is 8.45. The Bertz CT molecular complexity index is 865. The van der Waals surface area contributed by atoms with E-state index in [0.29, 0.717) is 13.0 Å². The number of carbonyl (C=O) groups is 1. The highest BCUT2D eigenvalue weighted by Crippen LogP contribution is 2.26. The molecule has 0 saturated heterocycles. The van der Waals surface area contributed by atoms with Crippen LogP contribution in [0, 0.1) is 5.92 Å². The van der Waals surface area contributed by atoms with Crippen LogP contribution in [0.3, 0.4) is 0 Å². The Balaban J connectivity index is 1.52. The molecule has 4 rings (SSSR count). The number of ether oxygens (including phenoxy) is 1.